The van der Waals surface area contributed by atoms with Crippen LogP contribution in [0.2, 0.25) is 0 Å². The summed E-state index contributed by atoms with van der Waals surface area (Å²) in [6.07, 6.45) is -1.34. The molecule has 1 amide bonds. The molecular weight excluding hydrogens is 333 g/mol. The van der Waals surface area contributed by atoms with Crippen molar-refractivity contribution < 1.29 is 18.0 Å². The Bertz CT molecular complexity index is 789. The molecule has 1 fully saturated rings. The highest BCUT2D eigenvalue weighted by molar-refractivity contribution is 5.75. The first-order chi connectivity index (χ1) is 11.8. The number of likely N-dealkylation sites (tertiary alicyclic amines) is 1. The minimum atomic E-state index is -4.39. The van der Waals surface area contributed by atoms with E-state index in [2.05, 4.69) is 9.97 Å². The molecule has 2 N–H and O–H groups in total. The predicted octanol–water partition coefficient (Wildman–Crippen LogP) is 3.43. The van der Waals surface area contributed by atoms with Gasteiger partial charge in [0.05, 0.1) is 17.3 Å². The Morgan fingerprint density at radius 3 is 2.56 bits per heavy atom. The maximum atomic E-state index is 12.8. The molecule has 25 heavy (non-hydrogen) atoms. The molecule has 132 valence electrons. The van der Waals surface area contributed by atoms with E-state index < -0.39 is 11.7 Å². The van der Waals surface area contributed by atoms with E-state index in [1.807, 2.05) is 0 Å². The van der Waals surface area contributed by atoms with Crippen molar-refractivity contribution in [3.63, 3.8) is 0 Å². The highest BCUT2D eigenvalue weighted by atomic mass is 19.4. The number of anilines is 1. The Morgan fingerprint density at radius 2 is 1.96 bits per heavy atom. The molecule has 2 aromatic rings. The number of alkyl halides is 3. The summed E-state index contributed by atoms with van der Waals surface area (Å²) < 4.78 is 38.3. The molecule has 1 unspecified atom stereocenters. The van der Waals surface area contributed by atoms with Crippen LogP contribution in [-0.4, -0.2) is 27.3 Å². The van der Waals surface area contributed by atoms with Gasteiger partial charge in [0.25, 0.3) is 0 Å². The topological polar surface area (TPSA) is 72.1 Å². The van der Waals surface area contributed by atoms with Gasteiger partial charge in [0, 0.05) is 25.2 Å². The SMILES string of the molecule is CC(=O)N1CCCC1c1nc(N)ncc1-c1ccc(C(F)(F)F)cc1. The first kappa shape index (κ1) is 17.2. The summed E-state index contributed by atoms with van der Waals surface area (Å²) in [5.74, 6) is -0.000818. The molecular formula is C17H17F3N4O. The fourth-order valence-corrected chi connectivity index (χ4v) is 3.15. The molecule has 0 spiro atoms. The molecule has 0 bridgehead atoms. The molecule has 1 aliphatic heterocycles. The number of nitrogens with zero attached hydrogens (tertiary/aromatic N) is 3. The van der Waals surface area contributed by atoms with Gasteiger partial charge in [-0.15, -0.1) is 0 Å². The van der Waals surface area contributed by atoms with Gasteiger partial charge in [-0.1, -0.05) is 12.1 Å². The number of hydrogen-bond donors (Lipinski definition) is 1. The van der Waals surface area contributed by atoms with E-state index in [4.69, 9.17) is 5.73 Å². The normalized spacial score (nSPS) is 17.8. The highest BCUT2D eigenvalue weighted by Crippen LogP contribution is 2.37. The van der Waals surface area contributed by atoms with Crippen molar-refractivity contribution in [2.75, 3.05) is 12.3 Å². The van der Waals surface area contributed by atoms with Crippen molar-refractivity contribution in [1.82, 2.24) is 14.9 Å². The zero-order valence-electron chi connectivity index (χ0n) is 13.5. The maximum absolute atomic E-state index is 12.8. The molecule has 0 aliphatic carbocycles. The lowest BCUT2D eigenvalue weighted by Gasteiger charge is -2.24. The van der Waals surface area contributed by atoms with Gasteiger partial charge in [0.1, 0.15) is 0 Å². The Hall–Kier alpha value is -2.64. The molecule has 8 heteroatoms. The zero-order chi connectivity index (χ0) is 18.2. The van der Waals surface area contributed by atoms with E-state index in [0.717, 1.165) is 25.0 Å². The summed E-state index contributed by atoms with van der Waals surface area (Å²) in [6.45, 7) is 2.11. The van der Waals surface area contributed by atoms with Gasteiger partial charge in [0.15, 0.2) is 0 Å². The van der Waals surface area contributed by atoms with Gasteiger partial charge in [0.2, 0.25) is 11.9 Å². The fourth-order valence-electron chi connectivity index (χ4n) is 3.15. The van der Waals surface area contributed by atoms with Crippen LogP contribution >= 0.6 is 0 Å². The lowest BCUT2D eigenvalue weighted by Crippen LogP contribution is -2.29. The molecule has 3 rings (SSSR count). The maximum Gasteiger partial charge on any atom is 0.416 e. The zero-order valence-corrected chi connectivity index (χ0v) is 13.5. The summed E-state index contributed by atoms with van der Waals surface area (Å²) in [5, 5.41) is 0. The Kier molecular flexibility index (Phi) is 4.36. The van der Waals surface area contributed by atoms with Gasteiger partial charge in [-0.2, -0.15) is 13.2 Å². The number of nitrogens with two attached hydrogens (primary N) is 1. The van der Waals surface area contributed by atoms with Crippen molar-refractivity contribution in [3.05, 3.63) is 41.7 Å². The number of nitrogen functional groups attached to an aromatic ring is 1. The molecule has 0 saturated carbocycles. The lowest BCUT2D eigenvalue weighted by atomic mass is 9.99. The second-order valence-corrected chi connectivity index (χ2v) is 5.97. The highest BCUT2D eigenvalue weighted by Gasteiger charge is 2.32. The Labute approximate surface area is 142 Å². The molecule has 2 heterocycles. The summed E-state index contributed by atoms with van der Waals surface area (Å²) in [5.41, 5.74) is 6.69. The number of carbonyl (C=O) groups is 1. The van der Waals surface area contributed by atoms with E-state index in [1.165, 1.54) is 25.3 Å². The van der Waals surface area contributed by atoms with Gasteiger partial charge in [-0.25, -0.2) is 9.97 Å². The lowest BCUT2D eigenvalue weighted by molar-refractivity contribution is -0.137. The Morgan fingerprint density at radius 1 is 1.28 bits per heavy atom. The molecule has 1 aliphatic rings. The molecule has 0 radical (unpaired) electrons. The largest absolute Gasteiger partial charge is 0.416 e. The van der Waals surface area contributed by atoms with E-state index in [9.17, 15) is 18.0 Å². The monoisotopic (exact) mass is 350 g/mol. The van der Waals surface area contributed by atoms with Crippen molar-refractivity contribution in [2.24, 2.45) is 0 Å². The van der Waals surface area contributed by atoms with Crippen LogP contribution in [0.1, 0.15) is 37.1 Å². The quantitative estimate of drug-likeness (QED) is 0.901. The number of amides is 1. The average Bonchev–Trinajstić information content (AvgIpc) is 3.04. The van der Waals surface area contributed by atoms with Crippen LogP contribution in [0.4, 0.5) is 19.1 Å². The van der Waals surface area contributed by atoms with Crippen LogP contribution in [0, 0.1) is 0 Å². The Balaban J connectivity index is 2.04. The van der Waals surface area contributed by atoms with Crippen molar-refractivity contribution >= 4 is 11.9 Å². The van der Waals surface area contributed by atoms with Crippen molar-refractivity contribution in [3.8, 4) is 11.1 Å². The van der Waals surface area contributed by atoms with Gasteiger partial charge in [-0.05, 0) is 30.5 Å². The summed E-state index contributed by atoms with van der Waals surface area (Å²) in [6, 6.07) is 4.56. The van der Waals surface area contributed by atoms with Crippen LogP contribution < -0.4 is 5.73 Å². The number of rotatable bonds is 2. The van der Waals surface area contributed by atoms with Gasteiger partial charge >= 0.3 is 6.18 Å². The number of carbonyl (C=O) groups excluding carboxylic acids is 1. The smallest absolute Gasteiger partial charge is 0.368 e. The van der Waals surface area contributed by atoms with Crippen LogP contribution in [0.5, 0.6) is 0 Å². The van der Waals surface area contributed by atoms with E-state index in [1.54, 1.807) is 4.90 Å². The third-order valence-corrected chi connectivity index (χ3v) is 4.33. The van der Waals surface area contributed by atoms with Crippen molar-refractivity contribution in [2.45, 2.75) is 32.0 Å². The van der Waals surface area contributed by atoms with Crippen LogP contribution in [0.25, 0.3) is 11.1 Å². The molecule has 1 saturated heterocycles. The van der Waals surface area contributed by atoms with Crippen LogP contribution in [-0.2, 0) is 11.0 Å². The van der Waals surface area contributed by atoms with Gasteiger partial charge < -0.3 is 10.6 Å². The molecule has 1 atom stereocenters. The number of aromatic nitrogens is 2. The fraction of sp³-hybridized carbons (Fsp3) is 0.353. The van der Waals surface area contributed by atoms with Gasteiger partial charge in [-0.3, -0.25) is 4.79 Å². The number of hydrogen-bond acceptors (Lipinski definition) is 4. The second-order valence-electron chi connectivity index (χ2n) is 5.97. The number of halogens is 3. The first-order valence-corrected chi connectivity index (χ1v) is 7.84. The summed E-state index contributed by atoms with van der Waals surface area (Å²) >= 11 is 0. The average molecular weight is 350 g/mol. The first-order valence-electron chi connectivity index (χ1n) is 7.84. The number of benzene rings is 1. The van der Waals surface area contributed by atoms with Crippen molar-refractivity contribution in [1.29, 1.82) is 0 Å². The van der Waals surface area contributed by atoms with Crippen LogP contribution in [0.3, 0.4) is 0 Å². The van der Waals surface area contributed by atoms with E-state index >= 15 is 0 Å². The predicted molar refractivity (Wildman–Crippen MR) is 86.2 cm³/mol. The standard InChI is InChI=1S/C17H17F3N4O/c1-10(25)24-8-2-3-14(24)15-13(9-22-16(21)23-15)11-4-6-12(7-5-11)17(18,19)20/h4-7,9,14H,2-3,8H2,1H3,(H2,21,22,23). The van der Waals surface area contributed by atoms with E-state index in [-0.39, 0.29) is 17.9 Å². The molecule has 1 aromatic heterocycles. The third kappa shape index (κ3) is 3.42. The molecule has 1 aromatic carbocycles. The molecule has 5 nitrogen and oxygen atoms in total. The van der Waals surface area contributed by atoms with Crippen LogP contribution in [0.15, 0.2) is 30.5 Å². The second kappa shape index (κ2) is 6.34. The van der Waals surface area contributed by atoms with E-state index in [0.29, 0.717) is 23.4 Å². The minimum absolute atomic E-state index is 0.0704. The third-order valence-electron chi connectivity index (χ3n) is 4.33. The summed E-state index contributed by atoms with van der Waals surface area (Å²) in [7, 11) is 0. The minimum Gasteiger partial charge on any atom is -0.368 e. The summed E-state index contributed by atoms with van der Waals surface area (Å²) in [4.78, 5) is 21.8.